The highest BCUT2D eigenvalue weighted by atomic mass is 35.5. The number of aliphatic hydroxyl groups excluding tert-OH is 1. The first-order chi connectivity index (χ1) is 11.6. The molecule has 128 valence electrons. The number of benzene rings is 1. The molecule has 2 N–H and O–H groups in total. The van der Waals surface area contributed by atoms with Crippen LogP contribution < -0.4 is 5.32 Å². The monoisotopic (exact) mass is 346 g/mol. The van der Waals surface area contributed by atoms with Crippen LogP contribution in [0.1, 0.15) is 49.2 Å². The van der Waals surface area contributed by atoms with Gasteiger partial charge in [0.15, 0.2) is 6.29 Å². The summed E-state index contributed by atoms with van der Waals surface area (Å²) in [6.07, 6.45) is 3.41. The Hall–Kier alpha value is -1.46. The quantitative estimate of drug-likeness (QED) is 0.589. The molecule has 1 aliphatic rings. The van der Waals surface area contributed by atoms with Gasteiger partial charge in [-0.3, -0.25) is 0 Å². The molecule has 0 bridgehead atoms. The third-order valence-electron chi connectivity index (χ3n) is 4.53. The van der Waals surface area contributed by atoms with Crippen LogP contribution in [0.2, 0.25) is 5.15 Å². The van der Waals surface area contributed by atoms with Crippen molar-refractivity contribution in [1.29, 1.82) is 0 Å². The van der Waals surface area contributed by atoms with Crippen LogP contribution in [0.4, 0.5) is 0 Å². The zero-order valence-corrected chi connectivity index (χ0v) is 14.6. The lowest BCUT2D eigenvalue weighted by atomic mass is 9.86. The minimum Gasteiger partial charge on any atom is -0.364 e. The van der Waals surface area contributed by atoms with E-state index in [9.17, 15) is 5.11 Å². The summed E-state index contributed by atoms with van der Waals surface area (Å²) < 4.78 is 5.98. The summed E-state index contributed by atoms with van der Waals surface area (Å²) in [6, 6.07) is 12.0. The van der Waals surface area contributed by atoms with E-state index in [1.807, 2.05) is 18.2 Å². The van der Waals surface area contributed by atoms with Gasteiger partial charge in [-0.2, -0.15) is 0 Å². The summed E-state index contributed by atoms with van der Waals surface area (Å²) in [4.78, 5) is 4.19. The van der Waals surface area contributed by atoms with Crippen molar-refractivity contribution in [3.63, 3.8) is 0 Å². The fourth-order valence-corrected chi connectivity index (χ4v) is 3.57. The Balaban J connectivity index is 1.69. The smallest absolute Gasteiger partial charge is 0.182 e. The maximum Gasteiger partial charge on any atom is 0.182 e. The number of halogens is 1. The number of aliphatic hydroxyl groups is 1. The third-order valence-corrected chi connectivity index (χ3v) is 4.73. The second kappa shape index (κ2) is 7.62. The van der Waals surface area contributed by atoms with Gasteiger partial charge in [-0.25, -0.2) is 4.98 Å². The predicted molar refractivity (Wildman–Crippen MR) is 94.6 cm³/mol. The Bertz CT molecular complexity index is 680. The Labute approximate surface area is 147 Å². The molecule has 0 fully saturated rings. The van der Waals surface area contributed by atoms with E-state index in [1.165, 1.54) is 5.56 Å². The zero-order valence-electron chi connectivity index (χ0n) is 13.8. The van der Waals surface area contributed by atoms with Crippen LogP contribution in [0, 0.1) is 0 Å². The molecular formula is C19H23ClN2O2. The number of hydrogen-bond acceptors (Lipinski definition) is 4. The van der Waals surface area contributed by atoms with E-state index >= 15 is 0 Å². The average Bonchev–Trinajstić information content (AvgIpc) is 2.85. The standard InChI is InChI=1S/C19H23ClN2O2/c1-2-8-19(9-10-21-12-14-6-4-3-5-7-14)16-13-22-17(20)11-15(16)18(23)24-19/h3-7,11,13,18,21,23H,2,8-10,12H2,1H3. The predicted octanol–water partition coefficient (Wildman–Crippen LogP) is 3.93. The number of hydrogen-bond donors (Lipinski definition) is 2. The molecule has 1 aromatic carbocycles. The number of nitrogens with one attached hydrogen (secondary N) is 1. The Morgan fingerprint density at radius 2 is 2.08 bits per heavy atom. The van der Waals surface area contributed by atoms with Gasteiger partial charge >= 0.3 is 0 Å². The van der Waals surface area contributed by atoms with Crippen molar-refractivity contribution >= 4 is 11.6 Å². The molecule has 5 heteroatoms. The number of rotatable bonds is 7. The van der Waals surface area contributed by atoms with E-state index in [0.717, 1.165) is 43.5 Å². The molecule has 0 aliphatic carbocycles. The van der Waals surface area contributed by atoms with Crippen LogP contribution in [0.5, 0.6) is 0 Å². The molecule has 0 spiro atoms. The van der Waals surface area contributed by atoms with Gasteiger partial charge in [-0.15, -0.1) is 0 Å². The van der Waals surface area contributed by atoms with Crippen molar-refractivity contribution in [2.75, 3.05) is 6.54 Å². The minimum atomic E-state index is -0.929. The molecule has 0 amide bonds. The van der Waals surface area contributed by atoms with Crippen molar-refractivity contribution in [2.24, 2.45) is 0 Å². The highest BCUT2D eigenvalue weighted by molar-refractivity contribution is 6.29. The summed E-state index contributed by atoms with van der Waals surface area (Å²) in [6.45, 7) is 3.73. The molecule has 24 heavy (non-hydrogen) atoms. The molecule has 1 aromatic heterocycles. The molecule has 2 heterocycles. The van der Waals surface area contributed by atoms with Crippen molar-refractivity contribution in [3.05, 3.63) is 64.4 Å². The molecule has 2 aromatic rings. The van der Waals surface area contributed by atoms with Crippen LogP contribution in [-0.4, -0.2) is 16.6 Å². The van der Waals surface area contributed by atoms with Gasteiger partial charge < -0.3 is 15.2 Å². The minimum absolute atomic E-state index is 0.380. The molecule has 0 saturated heterocycles. The summed E-state index contributed by atoms with van der Waals surface area (Å²) >= 11 is 5.96. The summed E-state index contributed by atoms with van der Waals surface area (Å²) in [7, 11) is 0. The molecule has 2 atom stereocenters. The molecule has 3 rings (SSSR count). The van der Waals surface area contributed by atoms with Gasteiger partial charge in [0.1, 0.15) is 5.15 Å². The Morgan fingerprint density at radius 3 is 2.83 bits per heavy atom. The second-order valence-electron chi connectivity index (χ2n) is 6.22. The first-order valence-electron chi connectivity index (χ1n) is 8.41. The van der Waals surface area contributed by atoms with Crippen LogP contribution in [-0.2, 0) is 16.9 Å². The second-order valence-corrected chi connectivity index (χ2v) is 6.61. The van der Waals surface area contributed by atoms with Gasteiger partial charge in [0.25, 0.3) is 0 Å². The lowest BCUT2D eigenvalue weighted by molar-refractivity contribution is -0.178. The lowest BCUT2D eigenvalue weighted by Gasteiger charge is -2.29. The molecular weight excluding hydrogens is 324 g/mol. The molecule has 4 nitrogen and oxygen atoms in total. The van der Waals surface area contributed by atoms with E-state index in [4.69, 9.17) is 16.3 Å². The van der Waals surface area contributed by atoms with E-state index in [0.29, 0.717) is 5.15 Å². The van der Waals surface area contributed by atoms with Crippen LogP contribution in [0.25, 0.3) is 0 Å². The number of pyridine rings is 1. The van der Waals surface area contributed by atoms with Gasteiger partial charge in [-0.05, 0) is 31.0 Å². The highest BCUT2D eigenvalue weighted by Crippen LogP contribution is 2.47. The van der Waals surface area contributed by atoms with E-state index in [1.54, 1.807) is 12.3 Å². The third kappa shape index (κ3) is 3.62. The van der Waals surface area contributed by atoms with Gasteiger partial charge in [-0.1, -0.05) is 55.3 Å². The maximum atomic E-state index is 10.3. The maximum absolute atomic E-state index is 10.3. The van der Waals surface area contributed by atoms with Gasteiger partial charge in [0.2, 0.25) is 0 Å². The molecule has 0 saturated carbocycles. The SMILES string of the molecule is CCCC1(CCNCc2ccccc2)OC(O)c2cc(Cl)ncc21. The normalized spacial score (nSPS) is 22.5. The largest absolute Gasteiger partial charge is 0.364 e. The van der Waals surface area contributed by atoms with E-state index in [2.05, 4.69) is 29.4 Å². The van der Waals surface area contributed by atoms with Crippen molar-refractivity contribution < 1.29 is 9.84 Å². The first-order valence-corrected chi connectivity index (χ1v) is 8.79. The summed E-state index contributed by atoms with van der Waals surface area (Å²) in [5.41, 5.74) is 2.46. The van der Waals surface area contributed by atoms with Crippen molar-refractivity contribution in [2.45, 2.75) is 44.6 Å². The number of ether oxygens (including phenoxy) is 1. The fourth-order valence-electron chi connectivity index (χ4n) is 3.40. The van der Waals surface area contributed by atoms with E-state index < -0.39 is 11.9 Å². The topological polar surface area (TPSA) is 54.4 Å². The molecule has 0 radical (unpaired) electrons. The fraction of sp³-hybridized carbons (Fsp3) is 0.421. The highest BCUT2D eigenvalue weighted by Gasteiger charge is 2.43. The van der Waals surface area contributed by atoms with Crippen molar-refractivity contribution in [3.8, 4) is 0 Å². The Morgan fingerprint density at radius 1 is 1.29 bits per heavy atom. The number of nitrogens with zero attached hydrogens (tertiary/aromatic N) is 1. The van der Waals surface area contributed by atoms with Crippen LogP contribution in [0.15, 0.2) is 42.6 Å². The lowest BCUT2D eigenvalue weighted by Crippen LogP contribution is -2.31. The van der Waals surface area contributed by atoms with Crippen LogP contribution in [0.3, 0.4) is 0 Å². The van der Waals surface area contributed by atoms with Gasteiger partial charge in [0, 0.05) is 23.9 Å². The number of fused-ring (bicyclic) bond motifs is 1. The first kappa shape index (κ1) is 17.4. The number of aromatic nitrogens is 1. The molecule has 1 aliphatic heterocycles. The summed E-state index contributed by atoms with van der Waals surface area (Å²) in [5.74, 6) is 0. The average molecular weight is 347 g/mol. The summed E-state index contributed by atoms with van der Waals surface area (Å²) in [5, 5.41) is 14.1. The molecule has 2 unspecified atom stereocenters. The Kier molecular flexibility index (Phi) is 5.51. The van der Waals surface area contributed by atoms with Crippen LogP contribution >= 0.6 is 11.6 Å². The zero-order chi connectivity index (χ0) is 17.0. The van der Waals surface area contributed by atoms with E-state index in [-0.39, 0.29) is 0 Å². The van der Waals surface area contributed by atoms with Crippen molar-refractivity contribution in [1.82, 2.24) is 10.3 Å². The van der Waals surface area contributed by atoms with Gasteiger partial charge in [0.05, 0.1) is 5.60 Å².